The predicted molar refractivity (Wildman–Crippen MR) is 80.7 cm³/mol. The molecule has 2 aromatic rings. The Morgan fingerprint density at radius 1 is 1.11 bits per heavy atom. The van der Waals surface area contributed by atoms with Gasteiger partial charge >= 0.3 is 0 Å². The van der Waals surface area contributed by atoms with Crippen molar-refractivity contribution in [1.29, 1.82) is 0 Å². The minimum absolute atomic E-state index is 1.02. The molecule has 0 spiro atoms. The molecule has 0 fully saturated rings. The molecular formula is C14H21N3S. The Bertz CT molecular complexity index is 461. The molecule has 0 unspecified atom stereocenters. The molecule has 0 bridgehead atoms. The summed E-state index contributed by atoms with van der Waals surface area (Å²) in [6.07, 6.45) is 1.21. The highest BCUT2D eigenvalue weighted by atomic mass is 32.1. The van der Waals surface area contributed by atoms with Gasteiger partial charge in [-0.1, -0.05) is 30.4 Å². The lowest BCUT2D eigenvalue weighted by Gasteiger charge is -2.21. The Morgan fingerprint density at radius 3 is 2.61 bits per heavy atom. The van der Waals surface area contributed by atoms with Crippen molar-refractivity contribution in [3.05, 3.63) is 24.3 Å². The van der Waals surface area contributed by atoms with Crippen molar-refractivity contribution in [2.75, 3.05) is 38.6 Å². The van der Waals surface area contributed by atoms with Gasteiger partial charge in [0.2, 0.25) is 0 Å². The van der Waals surface area contributed by atoms with Crippen LogP contribution in [0.4, 0.5) is 5.13 Å². The maximum atomic E-state index is 4.66. The van der Waals surface area contributed by atoms with Crippen LogP contribution in [0.15, 0.2) is 24.3 Å². The number of aromatic nitrogens is 1. The first-order valence-electron chi connectivity index (χ1n) is 6.46. The van der Waals surface area contributed by atoms with Crippen LogP contribution in [0.25, 0.3) is 10.2 Å². The Labute approximate surface area is 113 Å². The Kier molecular flexibility index (Phi) is 4.55. The summed E-state index contributed by atoms with van der Waals surface area (Å²) >= 11 is 1.77. The second kappa shape index (κ2) is 6.16. The van der Waals surface area contributed by atoms with Crippen LogP contribution in [-0.2, 0) is 0 Å². The molecule has 0 aliphatic heterocycles. The highest BCUT2D eigenvalue weighted by molar-refractivity contribution is 7.22. The lowest BCUT2D eigenvalue weighted by molar-refractivity contribution is 0.342. The molecule has 0 N–H and O–H groups in total. The van der Waals surface area contributed by atoms with E-state index < -0.39 is 0 Å². The summed E-state index contributed by atoms with van der Waals surface area (Å²) in [7, 11) is 4.30. The first-order valence-corrected chi connectivity index (χ1v) is 7.27. The van der Waals surface area contributed by atoms with Crippen LogP contribution in [-0.4, -0.2) is 43.6 Å². The van der Waals surface area contributed by atoms with Gasteiger partial charge in [0.25, 0.3) is 0 Å². The molecule has 0 atom stereocenters. The molecule has 0 aliphatic rings. The molecule has 98 valence electrons. The smallest absolute Gasteiger partial charge is 0.186 e. The number of fused-ring (bicyclic) bond motifs is 1. The van der Waals surface area contributed by atoms with Crippen LogP contribution in [0.3, 0.4) is 0 Å². The van der Waals surface area contributed by atoms with Crippen molar-refractivity contribution in [2.45, 2.75) is 13.3 Å². The molecule has 18 heavy (non-hydrogen) atoms. The van der Waals surface area contributed by atoms with Gasteiger partial charge < -0.3 is 9.80 Å². The van der Waals surface area contributed by atoms with Crippen LogP contribution in [0.1, 0.15) is 13.3 Å². The van der Waals surface area contributed by atoms with E-state index in [9.17, 15) is 0 Å². The standard InChI is InChI=1S/C14H21N3S/c1-4-9-16(2)10-11-17(3)14-15-12-7-5-6-8-13(12)18-14/h5-8H,4,9-11H2,1-3H3. The summed E-state index contributed by atoms with van der Waals surface area (Å²) < 4.78 is 1.27. The monoisotopic (exact) mass is 263 g/mol. The molecule has 1 heterocycles. The molecule has 0 saturated heterocycles. The van der Waals surface area contributed by atoms with Gasteiger partial charge in [-0.3, -0.25) is 0 Å². The van der Waals surface area contributed by atoms with E-state index >= 15 is 0 Å². The van der Waals surface area contributed by atoms with Crippen molar-refractivity contribution in [1.82, 2.24) is 9.88 Å². The third-order valence-electron chi connectivity index (χ3n) is 3.03. The van der Waals surface area contributed by atoms with Crippen LogP contribution in [0.5, 0.6) is 0 Å². The molecule has 3 nitrogen and oxygen atoms in total. The number of hydrogen-bond donors (Lipinski definition) is 0. The zero-order chi connectivity index (χ0) is 13.0. The van der Waals surface area contributed by atoms with Gasteiger partial charge in [-0.2, -0.15) is 0 Å². The second-order valence-electron chi connectivity index (χ2n) is 4.69. The second-order valence-corrected chi connectivity index (χ2v) is 5.70. The van der Waals surface area contributed by atoms with Gasteiger partial charge in [0.05, 0.1) is 10.2 Å². The Balaban J connectivity index is 1.98. The molecule has 0 amide bonds. The highest BCUT2D eigenvalue weighted by Crippen LogP contribution is 2.27. The number of nitrogens with zero attached hydrogens (tertiary/aromatic N) is 3. The van der Waals surface area contributed by atoms with Gasteiger partial charge in [0, 0.05) is 20.1 Å². The molecule has 1 aromatic heterocycles. The van der Waals surface area contributed by atoms with E-state index in [0.717, 1.165) is 30.3 Å². The quantitative estimate of drug-likeness (QED) is 0.798. The molecule has 2 rings (SSSR count). The fourth-order valence-electron chi connectivity index (χ4n) is 1.93. The maximum absolute atomic E-state index is 4.66. The average molecular weight is 263 g/mol. The third kappa shape index (κ3) is 3.21. The first-order chi connectivity index (χ1) is 8.70. The lowest BCUT2D eigenvalue weighted by Crippen LogP contribution is -2.31. The molecule has 1 aromatic carbocycles. The van der Waals surface area contributed by atoms with E-state index in [-0.39, 0.29) is 0 Å². The van der Waals surface area contributed by atoms with Crippen molar-refractivity contribution in [3.63, 3.8) is 0 Å². The zero-order valence-electron chi connectivity index (χ0n) is 11.4. The first kappa shape index (κ1) is 13.3. The molecule has 0 saturated carbocycles. The molecule has 0 radical (unpaired) electrons. The van der Waals surface area contributed by atoms with Gasteiger partial charge in [-0.15, -0.1) is 0 Å². The SMILES string of the molecule is CCCN(C)CCN(C)c1nc2ccccc2s1. The number of anilines is 1. The fourth-order valence-corrected chi connectivity index (χ4v) is 2.89. The molecule has 0 aliphatic carbocycles. The van der Waals surface area contributed by atoms with Crippen LogP contribution >= 0.6 is 11.3 Å². The van der Waals surface area contributed by atoms with E-state index in [2.05, 4.69) is 54.0 Å². The van der Waals surface area contributed by atoms with Crippen LogP contribution < -0.4 is 4.90 Å². The number of para-hydroxylation sites is 1. The summed E-state index contributed by atoms with van der Waals surface area (Å²) in [5.41, 5.74) is 1.10. The third-order valence-corrected chi connectivity index (χ3v) is 4.18. The number of likely N-dealkylation sites (N-methyl/N-ethyl adjacent to an activating group) is 2. The van der Waals surface area contributed by atoms with Gasteiger partial charge in [0.15, 0.2) is 5.13 Å². The predicted octanol–water partition coefficient (Wildman–Crippen LogP) is 3.07. The summed E-state index contributed by atoms with van der Waals surface area (Å²) in [5.74, 6) is 0. The van der Waals surface area contributed by atoms with E-state index in [1.54, 1.807) is 11.3 Å². The van der Waals surface area contributed by atoms with E-state index in [1.807, 2.05) is 6.07 Å². The fraction of sp³-hybridized carbons (Fsp3) is 0.500. The largest absolute Gasteiger partial charge is 0.350 e. The Hall–Kier alpha value is -1.13. The summed E-state index contributed by atoms with van der Waals surface area (Å²) in [6, 6.07) is 8.32. The lowest BCUT2D eigenvalue weighted by atomic mass is 10.3. The topological polar surface area (TPSA) is 19.4 Å². The van der Waals surface area contributed by atoms with Crippen molar-refractivity contribution < 1.29 is 0 Å². The average Bonchev–Trinajstić information content (AvgIpc) is 2.80. The van der Waals surface area contributed by atoms with Gasteiger partial charge in [-0.05, 0) is 32.1 Å². The van der Waals surface area contributed by atoms with E-state index in [1.165, 1.54) is 11.1 Å². The zero-order valence-corrected chi connectivity index (χ0v) is 12.2. The summed E-state index contributed by atoms with van der Waals surface area (Å²) in [5, 5.41) is 1.11. The number of hydrogen-bond acceptors (Lipinski definition) is 4. The number of benzene rings is 1. The van der Waals surface area contributed by atoms with E-state index in [4.69, 9.17) is 0 Å². The van der Waals surface area contributed by atoms with Crippen molar-refractivity contribution in [3.8, 4) is 0 Å². The molecular weight excluding hydrogens is 242 g/mol. The van der Waals surface area contributed by atoms with Gasteiger partial charge in [0.1, 0.15) is 0 Å². The minimum Gasteiger partial charge on any atom is -0.350 e. The highest BCUT2D eigenvalue weighted by Gasteiger charge is 2.08. The number of rotatable bonds is 6. The van der Waals surface area contributed by atoms with Gasteiger partial charge in [-0.25, -0.2) is 4.98 Å². The maximum Gasteiger partial charge on any atom is 0.186 e. The van der Waals surface area contributed by atoms with Crippen LogP contribution in [0.2, 0.25) is 0 Å². The molecule has 4 heteroatoms. The van der Waals surface area contributed by atoms with Crippen molar-refractivity contribution in [2.24, 2.45) is 0 Å². The normalized spacial score (nSPS) is 11.3. The minimum atomic E-state index is 1.02. The summed E-state index contributed by atoms with van der Waals surface area (Å²) in [6.45, 7) is 5.48. The Morgan fingerprint density at radius 2 is 1.89 bits per heavy atom. The van der Waals surface area contributed by atoms with E-state index in [0.29, 0.717) is 0 Å². The number of thiazole rings is 1. The van der Waals surface area contributed by atoms with Crippen LogP contribution in [0, 0.1) is 0 Å². The summed E-state index contributed by atoms with van der Waals surface area (Å²) in [4.78, 5) is 9.27. The van der Waals surface area contributed by atoms with Crippen molar-refractivity contribution >= 4 is 26.7 Å².